The Bertz CT molecular complexity index is 850. The molecule has 1 atom stereocenters. The lowest BCUT2D eigenvalue weighted by molar-refractivity contribution is -0.118. The number of esters is 1. The fourth-order valence-corrected chi connectivity index (χ4v) is 2.82. The van der Waals surface area contributed by atoms with E-state index in [4.69, 9.17) is 12.2 Å². The maximum Gasteiger partial charge on any atom is 0.337 e. The number of anilines is 2. The van der Waals surface area contributed by atoms with Gasteiger partial charge in [0, 0.05) is 11.4 Å². The van der Waals surface area contributed by atoms with Crippen LogP contribution in [-0.2, 0) is 9.53 Å². The highest BCUT2D eigenvalue weighted by atomic mass is 32.1. The number of thiocarbonyl (C=S) groups is 1. The van der Waals surface area contributed by atoms with Crippen molar-refractivity contribution >= 4 is 40.6 Å². The van der Waals surface area contributed by atoms with Crippen LogP contribution in [0.3, 0.4) is 0 Å². The Balaban J connectivity index is 2.01. The minimum absolute atomic E-state index is 0.0190. The monoisotopic (exact) mass is 399 g/mol. The Morgan fingerprint density at radius 2 is 1.64 bits per heavy atom. The van der Waals surface area contributed by atoms with E-state index in [2.05, 4.69) is 20.7 Å². The molecule has 0 bridgehead atoms. The third-order valence-electron chi connectivity index (χ3n) is 4.20. The molecule has 148 valence electrons. The number of ether oxygens (including phenoxy) is 1. The second kappa shape index (κ2) is 9.85. The predicted molar refractivity (Wildman–Crippen MR) is 116 cm³/mol. The Hall–Kier alpha value is -2.93. The Morgan fingerprint density at radius 3 is 2.21 bits per heavy atom. The zero-order valence-corrected chi connectivity index (χ0v) is 17.2. The molecule has 7 heteroatoms. The van der Waals surface area contributed by atoms with E-state index in [9.17, 15) is 9.59 Å². The number of rotatable bonds is 6. The molecule has 1 amide bonds. The van der Waals surface area contributed by atoms with Crippen LogP contribution in [0, 0.1) is 12.8 Å². The van der Waals surface area contributed by atoms with E-state index in [1.807, 2.05) is 45.0 Å². The Morgan fingerprint density at radius 1 is 1.00 bits per heavy atom. The molecule has 0 radical (unpaired) electrons. The maximum absolute atomic E-state index is 12.7. The van der Waals surface area contributed by atoms with Crippen LogP contribution in [0.4, 0.5) is 11.4 Å². The first-order valence-electron chi connectivity index (χ1n) is 8.94. The van der Waals surface area contributed by atoms with Gasteiger partial charge < -0.3 is 20.7 Å². The second-order valence-electron chi connectivity index (χ2n) is 6.69. The van der Waals surface area contributed by atoms with Gasteiger partial charge in [-0.25, -0.2) is 4.79 Å². The summed E-state index contributed by atoms with van der Waals surface area (Å²) >= 11 is 5.35. The fourth-order valence-electron chi connectivity index (χ4n) is 2.57. The number of aryl methyl sites for hydroxylation is 1. The average Bonchev–Trinajstić information content (AvgIpc) is 2.67. The van der Waals surface area contributed by atoms with Crippen molar-refractivity contribution in [3.63, 3.8) is 0 Å². The van der Waals surface area contributed by atoms with Gasteiger partial charge in [0.25, 0.3) is 0 Å². The first kappa shape index (κ1) is 21.4. The quantitative estimate of drug-likeness (QED) is 0.507. The molecule has 0 spiro atoms. The van der Waals surface area contributed by atoms with Crippen molar-refractivity contribution in [2.24, 2.45) is 5.92 Å². The number of hydrogen-bond donors (Lipinski definition) is 3. The molecule has 3 N–H and O–H groups in total. The van der Waals surface area contributed by atoms with Gasteiger partial charge in [0.2, 0.25) is 5.91 Å². The molecule has 0 aromatic heterocycles. The lowest BCUT2D eigenvalue weighted by Gasteiger charge is -2.24. The van der Waals surface area contributed by atoms with Crippen LogP contribution >= 0.6 is 12.2 Å². The van der Waals surface area contributed by atoms with Crippen molar-refractivity contribution in [3.05, 3.63) is 59.7 Å². The van der Waals surface area contributed by atoms with Gasteiger partial charge >= 0.3 is 5.97 Å². The summed E-state index contributed by atoms with van der Waals surface area (Å²) in [6, 6.07) is 13.8. The molecule has 0 heterocycles. The number of methoxy groups -OCH3 is 1. The first-order valence-corrected chi connectivity index (χ1v) is 9.35. The van der Waals surface area contributed by atoms with Crippen LogP contribution in [0.15, 0.2) is 48.5 Å². The van der Waals surface area contributed by atoms with Crippen LogP contribution in [-0.4, -0.2) is 30.1 Å². The van der Waals surface area contributed by atoms with E-state index in [0.717, 1.165) is 11.3 Å². The summed E-state index contributed by atoms with van der Waals surface area (Å²) < 4.78 is 4.68. The number of carbonyl (C=O) groups excluding carboxylic acids is 2. The van der Waals surface area contributed by atoms with Gasteiger partial charge in [0.15, 0.2) is 5.11 Å². The summed E-state index contributed by atoms with van der Waals surface area (Å²) in [5.74, 6) is -0.542. The molecule has 2 rings (SSSR count). The summed E-state index contributed by atoms with van der Waals surface area (Å²) in [6.07, 6.45) is 0. The smallest absolute Gasteiger partial charge is 0.337 e. The summed E-state index contributed by atoms with van der Waals surface area (Å²) in [5.41, 5.74) is 2.92. The van der Waals surface area contributed by atoms with Gasteiger partial charge in [-0.05, 0) is 61.0 Å². The summed E-state index contributed by atoms with van der Waals surface area (Å²) in [4.78, 5) is 24.2. The molecule has 0 aliphatic rings. The second-order valence-corrected chi connectivity index (χ2v) is 7.10. The van der Waals surface area contributed by atoms with Gasteiger partial charge in [0.1, 0.15) is 6.04 Å². The number of benzene rings is 2. The van der Waals surface area contributed by atoms with Crippen molar-refractivity contribution in [2.75, 3.05) is 17.7 Å². The number of nitrogens with one attached hydrogen (secondary N) is 3. The minimum Gasteiger partial charge on any atom is -0.465 e. The lowest BCUT2D eigenvalue weighted by atomic mass is 10.0. The van der Waals surface area contributed by atoms with E-state index in [0.29, 0.717) is 16.4 Å². The van der Waals surface area contributed by atoms with Gasteiger partial charge in [-0.15, -0.1) is 0 Å². The highest BCUT2D eigenvalue weighted by Gasteiger charge is 2.23. The van der Waals surface area contributed by atoms with Gasteiger partial charge in [-0.1, -0.05) is 32.0 Å². The van der Waals surface area contributed by atoms with E-state index >= 15 is 0 Å². The predicted octanol–water partition coefficient (Wildman–Crippen LogP) is 3.73. The molecular weight excluding hydrogens is 374 g/mol. The van der Waals surface area contributed by atoms with Crippen molar-refractivity contribution in [2.45, 2.75) is 26.8 Å². The highest BCUT2D eigenvalue weighted by molar-refractivity contribution is 7.80. The molecule has 0 saturated heterocycles. The number of para-hydroxylation sites is 1. The summed E-state index contributed by atoms with van der Waals surface area (Å²) in [5, 5.41) is 9.37. The van der Waals surface area contributed by atoms with Crippen molar-refractivity contribution < 1.29 is 14.3 Å². The van der Waals surface area contributed by atoms with Crippen molar-refractivity contribution in [3.8, 4) is 0 Å². The van der Waals surface area contributed by atoms with Crippen LogP contribution in [0.2, 0.25) is 0 Å². The topological polar surface area (TPSA) is 79.5 Å². The normalized spacial score (nSPS) is 11.5. The van der Waals surface area contributed by atoms with E-state index in [-0.39, 0.29) is 11.8 Å². The number of carbonyl (C=O) groups is 2. The van der Waals surface area contributed by atoms with E-state index < -0.39 is 12.0 Å². The largest absolute Gasteiger partial charge is 0.465 e. The minimum atomic E-state index is -0.506. The molecule has 0 saturated carbocycles. The van der Waals surface area contributed by atoms with Gasteiger partial charge in [0.05, 0.1) is 12.7 Å². The highest BCUT2D eigenvalue weighted by Crippen LogP contribution is 2.15. The first-order chi connectivity index (χ1) is 13.3. The van der Waals surface area contributed by atoms with Crippen LogP contribution in [0.1, 0.15) is 29.8 Å². The Kier molecular flexibility index (Phi) is 7.52. The van der Waals surface area contributed by atoms with Crippen molar-refractivity contribution in [1.29, 1.82) is 0 Å². The van der Waals surface area contributed by atoms with Crippen molar-refractivity contribution in [1.82, 2.24) is 5.32 Å². The molecule has 0 aliphatic heterocycles. The SMILES string of the molecule is COC(=O)c1ccc(NC(=S)N[C@H](C(=O)Nc2ccccc2C)C(C)C)cc1. The molecule has 0 unspecified atom stereocenters. The van der Waals surface area contributed by atoms with Crippen LogP contribution in [0.5, 0.6) is 0 Å². The average molecular weight is 400 g/mol. The summed E-state index contributed by atoms with van der Waals surface area (Å²) in [6.45, 7) is 5.84. The van der Waals surface area contributed by atoms with E-state index in [1.165, 1.54) is 7.11 Å². The van der Waals surface area contributed by atoms with Crippen LogP contribution < -0.4 is 16.0 Å². The Labute approximate surface area is 170 Å². The molecule has 28 heavy (non-hydrogen) atoms. The summed E-state index contributed by atoms with van der Waals surface area (Å²) in [7, 11) is 1.33. The third-order valence-corrected chi connectivity index (χ3v) is 4.42. The zero-order chi connectivity index (χ0) is 20.7. The molecular formula is C21H25N3O3S. The fraction of sp³-hybridized carbons (Fsp3) is 0.286. The van der Waals surface area contributed by atoms with E-state index in [1.54, 1.807) is 24.3 Å². The molecule has 2 aromatic rings. The number of hydrogen-bond acceptors (Lipinski definition) is 4. The molecule has 2 aromatic carbocycles. The van der Waals surface area contributed by atoms with Crippen LogP contribution in [0.25, 0.3) is 0 Å². The number of amides is 1. The standard InChI is InChI=1S/C21H25N3O3S/c1-13(2)18(19(25)23-17-8-6-5-7-14(17)3)24-21(28)22-16-11-9-15(10-12-16)20(26)27-4/h5-13,18H,1-4H3,(H,23,25)(H2,22,24,28)/t18-/m0/s1. The van der Waals surface area contributed by atoms with Gasteiger partial charge in [-0.3, -0.25) is 4.79 Å². The maximum atomic E-state index is 12.7. The lowest BCUT2D eigenvalue weighted by Crippen LogP contribution is -2.48. The molecule has 0 aliphatic carbocycles. The molecule has 0 fully saturated rings. The molecule has 6 nitrogen and oxygen atoms in total. The van der Waals surface area contributed by atoms with Gasteiger partial charge in [-0.2, -0.15) is 0 Å². The zero-order valence-electron chi connectivity index (χ0n) is 16.4. The third kappa shape index (κ3) is 5.79.